The van der Waals surface area contributed by atoms with E-state index in [2.05, 4.69) is 5.73 Å². The zero-order valence-corrected chi connectivity index (χ0v) is 15.3. The molecule has 0 aromatic carbocycles. The molecule has 1 aliphatic heterocycles. The van der Waals surface area contributed by atoms with Crippen LogP contribution in [0, 0.1) is 0 Å². The van der Waals surface area contributed by atoms with Crippen molar-refractivity contribution in [2.45, 2.75) is 109 Å². The van der Waals surface area contributed by atoms with Gasteiger partial charge in [-0.25, -0.2) is 0 Å². The minimum Gasteiger partial charge on any atom is -0.381 e. The zero-order valence-electron chi connectivity index (χ0n) is 15.3. The molecule has 0 fully saturated rings. The van der Waals surface area contributed by atoms with Crippen molar-refractivity contribution in [2.75, 3.05) is 13.2 Å². The summed E-state index contributed by atoms with van der Waals surface area (Å²) < 4.78 is 5.75. The Balaban J connectivity index is 2.02. The van der Waals surface area contributed by atoms with Crippen LogP contribution in [0.15, 0.2) is 16.9 Å². The van der Waals surface area contributed by atoms with Crippen molar-refractivity contribution in [1.29, 1.82) is 0 Å². The summed E-state index contributed by atoms with van der Waals surface area (Å²) in [5.74, 6) is 0. The van der Waals surface area contributed by atoms with Crippen LogP contribution in [-0.4, -0.2) is 13.2 Å². The van der Waals surface area contributed by atoms with Crippen molar-refractivity contribution < 1.29 is 4.74 Å². The van der Waals surface area contributed by atoms with Crippen LogP contribution in [0.3, 0.4) is 0 Å². The second-order valence-corrected chi connectivity index (χ2v) is 7.54. The van der Waals surface area contributed by atoms with Crippen LogP contribution >= 0.6 is 0 Å². The molecule has 2 rings (SSSR count). The molecule has 2 bridgehead atoms. The van der Waals surface area contributed by atoms with E-state index in [9.17, 15) is 0 Å². The average molecular weight is 319 g/mol. The molecule has 0 saturated carbocycles. The van der Waals surface area contributed by atoms with E-state index in [1.807, 2.05) is 0 Å². The summed E-state index contributed by atoms with van der Waals surface area (Å²) in [6, 6.07) is 0. The topological polar surface area (TPSA) is 9.23 Å². The quantitative estimate of drug-likeness (QED) is 0.432. The average Bonchev–Trinajstić information content (AvgIpc) is 2.55. The highest BCUT2D eigenvalue weighted by molar-refractivity contribution is 5.10. The van der Waals surface area contributed by atoms with E-state index in [1.54, 1.807) is 11.1 Å². The largest absolute Gasteiger partial charge is 0.381 e. The third-order valence-corrected chi connectivity index (χ3v) is 5.35. The number of ether oxygens (including phenoxy) is 1. The Hall–Kier alpha value is -0.520. The molecule has 1 nitrogen and oxygen atoms in total. The van der Waals surface area contributed by atoms with Gasteiger partial charge in [0.1, 0.15) is 0 Å². The summed E-state index contributed by atoms with van der Waals surface area (Å²) >= 11 is 0. The highest BCUT2D eigenvalue weighted by atomic mass is 16.5. The molecule has 0 aromatic rings. The molecular formula is C22H38O. The lowest BCUT2D eigenvalue weighted by Crippen LogP contribution is -1.98. The van der Waals surface area contributed by atoms with Gasteiger partial charge in [0.25, 0.3) is 0 Å². The Morgan fingerprint density at radius 2 is 0.783 bits per heavy atom. The van der Waals surface area contributed by atoms with E-state index >= 15 is 0 Å². The van der Waals surface area contributed by atoms with Gasteiger partial charge in [-0.05, 0) is 75.4 Å². The first-order chi connectivity index (χ1) is 11.4. The van der Waals surface area contributed by atoms with Crippen LogP contribution < -0.4 is 0 Å². The second-order valence-electron chi connectivity index (χ2n) is 7.54. The molecule has 0 spiro atoms. The zero-order chi connectivity index (χ0) is 16.0. The van der Waals surface area contributed by atoms with Crippen molar-refractivity contribution in [3.8, 4) is 0 Å². The van der Waals surface area contributed by atoms with Gasteiger partial charge in [0.2, 0.25) is 0 Å². The highest BCUT2D eigenvalue weighted by Gasteiger charge is 2.05. The molecule has 0 saturated heterocycles. The van der Waals surface area contributed by atoms with Crippen LogP contribution in [-0.2, 0) is 4.74 Å². The van der Waals surface area contributed by atoms with Gasteiger partial charge in [-0.15, -0.1) is 5.73 Å². The van der Waals surface area contributed by atoms with Gasteiger partial charge >= 0.3 is 0 Å². The predicted octanol–water partition coefficient (Wildman–Crippen LogP) is 7.11. The lowest BCUT2D eigenvalue weighted by atomic mass is 9.95. The SMILES string of the molecule is C1=C2CCCCCCCCCC=1CCCCCOCCCCC2. The maximum absolute atomic E-state index is 5.75. The van der Waals surface area contributed by atoms with Gasteiger partial charge in [-0.1, -0.05) is 44.9 Å². The first kappa shape index (κ1) is 18.8. The van der Waals surface area contributed by atoms with Crippen molar-refractivity contribution in [3.63, 3.8) is 0 Å². The third-order valence-electron chi connectivity index (χ3n) is 5.35. The van der Waals surface area contributed by atoms with Gasteiger partial charge in [-0.2, -0.15) is 0 Å². The maximum atomic E-state index is 5.75. The molecule has 0 amide bonds. The van der Waals surface area contributed by atoms with Crippen molar-refractivity contribution in [3.05, 3.63) is 16.9 Å². The molecule has 1 heteroatoms. The molecule has 2 aliphatic rings. The fraction of sp³-hybridized carbons (Fsp3) is 0.864. The van der Waals surface area contributed by atoms with Gasteiger partial charge in [0, 0.05) is 13.2 Å². The smallest absolute Gasteiger partial charge is 0.0466 e. The summed E-state index contributed by atoms with van der Waals surface area (Å²) in [4.78, 5) is 0. The van der Waals surface area contributed by atoms with Crippen molar-refractivity contribution >= 4 is 0 Å². The lowest BCUT2D eigenvalue weighted by molar-refractivity contribution is 0.126. The fourth-order valence-corrected chi connectivity index (χ4v) is 3.85. The Kier molecular flexibility index (Phi) is 10.5. The van der Waals surface area contributed by atoms with Crippen LogP contribution in [0.1, 0.15) is 109 Å². The van der Waals surface area contributed by atoms with E-state index < -0.39 is 0 Å². The molecule has 132 valence electrons. The van der Waals surface area contributed by atoms with Crippen LogP contribution in [0.25, 0.3) is 0 Å². The molecular weight excluding hydrogens is 280 g/mol. The summed E-state index contributed by atoms with van der Waals surface area (Å²) in [6.45, 7) is 1.94. The van der Waals surface area contributed by atoms with Crippen molar-refractivity contribution in [2.24, 2.45) is 0 Å². The van der Waals surface area contributed by atoms with Gasteiger partial charge in [0.15, 0.2) is 0 Å². The summed E-state index contributed by atoms with van der Waals surface area (Å²) in [6.07, 6.45) is 22.9. The van der Waals surface area contributed by atoms with E-state index in [4.69, 9.17) is 4.74 Å². The first-order valence-corrected chi connectivity index (χ1v) is 10.5. The monoisotopic (exact) mass is 318 g/mol. The third kappa shape index (κ3) is 9.38. The van der Waals surface area contributed by atoms with E-state index in [1.165, 1.54) is 109 Å². The van der Waals surface area contributed by atoms with E-state index in [-0.39, 0.29) is 0 Å². The summed E-state index contributed by atoms with van der Waals surface area (Å²) in [5.41, 5.74) is 7.20. The Morgan fingerprint density at radius 3 is 1.22 bits per heavy atom. The van der Waals surface area contributed by atoms with Gasteiger partial charge < -0.3 is 4.74 Å². The summed E-state index contributed by atoms with van der Waals surface area (Å²) in [5, 5.41) is 0. The van der Waals surface area contributed by atoms with E-state index in [0.29, 0.717) is 0 Å². The normalized spacial score (nSPS) is 24.3. The molecule has 0 unspecified atom stereocenters. The molecule has 23 heavy (non-hydrogen) atoms. The Labute approximate surface area is 144 Å². The predicted molar refractivity (Wildman–Crippen MR) is 99.8 cm³/mol. The van der Waals surface area contributed by atoms with E-state index in [0.717, 1.165) is 13.2 Å². The van der Waals surface area contributed by atoms with Crippen LogP contribution in [0.5, 0.6) is 0 Å². The minimum absolute atomic E-state index is 0.972. The van der Waals surface area contributed by atoms with Crippen LogP contribution in [0.2, 0.25) is 0 Å². The molecule has 1 heterocycles. The number of rotatable bonds is 0. The molecule has 0 N–H and O–H groups in total. The van der Waals surface area contributed by atoms with Crippen LogP contribution in [0.4, 0.5) is 0 Å². The number of hydrogen-bond acceptors (Lipinski definition) is 1. The lowest BCUT2D eigenvalue weighted by Gasteiger charge is -2.12. The molecule has 0 aromatic heterocycles. The summed E-state index contributed by atoms with van der Waals surface area (Å²) in [7, 11) is 0. The second kappa shape index (κ2) is 12.8. The maximum Gasteiger partial charge on any atom is 0.0466 e. The Morgan fingerprint density at radius 1 is 0.435 bits per heavy atom. The standard InChI is InChI=1S/C22H38O/c1-2-4-8-14-21-16-10-6-12-18-23-19-13-7-11-17-22(20-21)15-9-5-3-1/h1-19H2. The number of hydrogen-bond donors (Lipinski definition) is 0. The number of allylic oxidation sites excluding steroid dienone is 1. The fourth-order valence-electron chi connectivity index (χ4n) is 3.85. The molecule has 1 aliphatic carbocycles. The Bertz CT molecular complexity index is 332. The molecule has 0 atom stereocenters. The van der Waals surface area contributed by atoms with Crippen molar-refractivity contribution in [1.82, 2.24) is 0 Å². The highest BCUT2D eigenvalue weighted by Crippen LogP contribution is 2.23. The first-order valence-electron chi connectivity index (χ1n) is 10.5. The minimum atomic E-state index is 0.972. The molecule has 0 radical (unpaired) electrons. The van der Waals surface area contributed by atoms with Gasteiger partial charge in [0.05, 0.1) is 0 Å². The van der Waals surface area contributed by atoms with Gasteiger partial charge in [-0.3, -0.25) is 0 Å².